The maximum Gasteiger partial charge on any atom is 0.356 e. The normalized spacial score (nSPS) is 10.9. The van der Waals surface area contributed by atoms with Crippen LogP contribution < -0.4 is 4.90 Å². The summed E-state index contributed by atoms with van der Waals surface area (Å²) in [4.78, 5) is 18.4. The Labute approximate surface area is 162 Å². The van der Waals surface area contributed by atoms with Gasteiger partial charge >= 0.3 is 5.97 Å². The molecule has 6 heteroatoms. The van der Waals surface area contributed by atoms with Crippen LogP contribution in [0.1, 0.15) is 24.3 Å². The number of aromatic carboxylic acids is 1. The van der Waals surface area contributed by atoms with Gasteiger partial charge in [-0.15, -0.1) is 0 Å². The molecular weight excluding hydrogens is 371 g/mol. The van der Waals surface area contributed by atoms with Crippen LogP contribution in [0.25, 0.3) is 22.0 Å². The van der Waals surface area contributed by atoms with Crippen LogP contribution in [-0.4, -0.2) is 29.1 Å². The van der Waals surface area contributed by atoms with Gasteiger partial charge in [0.1, 0.15) is 0 Å². The number of fused-ring (bicyclic) bond motifs is 1. The highest BCUT2D eigenvalue weighted by Gasteiger charge is 2.24. The molecule has 0 unspecified atom stereocenters. The highest BCUT2D eigenvalue weighted by molar-refractivity contribution is 6.32. The van der Waals surface area contributed by atoms with Crippen molar-refractivity contribution in [2.24, 2.45) is 0 Å². The second-order valence-electron chi connectivity index (χ2n) is 5.83. The summed E-state index contributed by atoms with van der Waals surface area (Å²) in [5.41, 5.74) is 2.80. The monoisotopic (exact) mass is 388 g/mol. The van der Waals surface area contributed by atoms with Gasteiger partial charge in [0.25, 0.3) is 0 Å². The lowest BCUT2D eigenvalue weighted by atomic mass is 9.96. The van der Waals surface area contributed by atoms with Crippen molar-refractivity contribution in [3.8, 4) is 11.1 Å². The van der Waals surface area contributed by atoms with Crippen LogP contribution in [-0.2, 0) is 0 Å². The zero-order valence-corrected chi connectivity index (χ0v) is 16.0. The Balaban J connectivity index is 2.52. The summed E-state index contributed by atoms with van der Waals surface area (Å²) in [5.74, 6) is -1.06. The second-order valence-corrected chi connectivity index (χ2v) is 6.71. The lowest BCUT2D eigenvalue weighted by molar-refractivity contribution is 0.0691. The Kier molecular flexibility index (Phi) is 5.35. The van der Waals surface area contributed by atoms with Crippen LogP contribution >= 0.6 is 23.2 Å². The van der Waals surface area contributed by atoms with E-state index in [4.69, 9.17) is 23.2 Å². The number of carboxylic acid groups (broad SMARTS) is 1. The molecule has 0 amide bonds. The summed E-state index contributed by atoms with van der Waals surface area (Å²) in [6, 6.07) is 12.7. The van der Waals surface area contributed by atoms with Crippen molar-refractivity contribution in [3.05, 3.63) is 58.2 Å². The van der Waals surface area contributed by atoms with E-state index < -0.39 is 5.97 Å². The van der Waals surface area contributed by atoms with Crippen molar-refractivity contribution >= 4 is 45.8 Å². The minimum absolute atomic E-state index is 0.0264. The number of anilines is 1. The average molecular weight is 389 g/mol. The van der Waals surface area contributed by atoms with Crippen molar-refractivity contribution in [3.63, 3.8) is 0 Å². The summed E-state index contributed by atoms with van der Waals surface area (Å²) in [6.07, 6.45) is 0. The van der Waals surface area contributed by atoms with Gasteiger partial charge in [-0.25, -0.2) is 9.78 Å². The highest BCUT2D eigenvalue weighted by atomic mass is 35.5. The summed E-state index contributed by atoms with van der Waals surface area (Å²) < 4.78 is 0. The van der Waals surface area contributed by atoms with Gasteiger partial charge in [-0.3, -0.25) is 0 Å². The highest BCUT2D eigenvalue weighted by Crippen LogP contribution is 2.40. The molecule has 26 heavy (non-hydrogen) atoms. The zero-order chi connectivity index (χ0) is 18.8. The molecule has 0 saturated heterocycles. The number of rotatable bonds is 5. The molecule has 0 bridgehead atoms. The molecule has 0 aliphatic rings. The van der Waals surface area contributed by atoms with Crippen molar-refractivity contribution < 1.29 is 9.90 Å². The average Bonchev–Trinajstić information content (AvgIpc) is 2.61. The van der Waals surface area contributed by atoms with Crippen LogP contribution in [0.2, 0.25) is 10.0 Å². The largest absolute Gasteiger partial charge is 0.476 e. The molecule has 0 spiro atoms. The van der Waals surface area contributed by atoms with E-state index in [1.54, 1.807) is 18.2 Å². The van der Waals surface area contributed by atoms with Crippen LogP contribution in [0, 0.1) is 0 Å². The molecule has 0 fully saturated rings. The van der Waals surface area contributed by atoms with Gasteiger partial charge in [-0.2, -0.15) is 0 Å². The molecule has 3 rings (SSSR count). The number of pyridine rings is 1. The molecule has 0 saturated carbocycles. The van der Waals surface area contributed by atoms with Crippen molar-refractivity contribution in [1.82, 2.24) is 4.98 Å². The first-order valence-electron chi connectivity index (χ1n) is 8.33. The van der Waals surface area contributed by atoms with Crippen LogP contribution in [0.4, 0.5) is 5.69 Å². The number of hydrogen-bond donors (Lipinski definition) is 1. The number of aromatic nitrogens is 1. The quantitative estimate of drug-likeness (QED) is 0.604. The number of halogens is 2. The lowest BCUT2D eigenvalue weighted by Gasteiger charge is -2.27. The van der Waals surface area contributed by atoms with E-state index in [-0.39, 0.29) is 5.69 Å². The first-order valence-corrected chi connectivity index (χ1v) is 9.09. The third-order valence-electron chi connectivity index (χ3n) is 4.32. The maximum absolute atomic E-state index is 12.0. The lowest BCUT2D eigenvalue weighted by Crippen LogP contribution is -2.26. The molecule has 1 heterocycles. The van der Waals surface area contributed by atoms with E-state index in [0.29, 0.717) is 34.3 Å². The van der Waals surface area contributed by atoms with Gasteiger partial charge < -0.3 is 10.0 Å². The molecule has 0 aliphatic heterocycles. The van der Waals surface area contributed by atoms with Gasteiger partial charge in [0.05, 0.1) is 11.2 Å². The van der Waals surface area contributed by atoms with E-state index >= 15 is 0 Å². The molecule has 0 radical (unpaired) electrons. The summed E-state index contributed by atoms with van der Waals surface area (Å²) >= 11 is 12.4. The topological polar surface area (TPSA) is 53.4 Å². The van der Waals surface area contributed by atoms with Gasteiger partial charge in [0, 0.05) is 34.1 Å². The second kappa shape index (κ2) is 7.52. The number of carbonyl (C=O) groups is 1. The van der Waals surface area contributed by atoms with Crippen molar-refractivity contribution in [1.29, 1.82) is 0 Å². The van der Waals surface area contributed by atoms with E-state index in [1.165, 1.54) is 0 Å². The van der Waals surface area contributed by atoms with Crippen LogP contribution in [0.5, 0.6) is 0 Å². The number of nitrogens with zero attached hydrogens (tertiary/aromatic N) is 2. The third-order valence-corrected chi connectivity index (χ3v) is 4.79. The maximum atomic E-state index is 12.0. The first-order chi connectivity index (χ1) is 12.5. The first kappa shape index (κ1) is 18.5. The SMILES string of the molecule is CCN(CC)c1c(C(=O)O)nc2ccc(Cl)cc2c1-c1cccc(Cl)c1. The van der Waals surface area contributed by atoms with Crippen LogP contribution in [0.3, 0.4) is 0 Å². The molecule has 1 N–H and O–H groups in total. The van der Waals surface area contributed by atoms with Gasteiger partial charge in [0.15, 0.2) is 5.69 Å². The van der Waals surface area contributed by atoms with E-state index in [9.17, 15) is 9.90 Å². The van der Waals surface area contributed by atoms with Gasteiger partial charge in [-0.1, -0.05) is 35.3 Å². The molecular formula is C20H18Cl2N2O2. The summed E-state index contributed by atoms with van der Waals surface area (Å²) in [5, 5.41) is 11.7. The molecule has 1 aromatic heterocycles. The zero-order valence-electron chi connectivity index (χ0n) is 14.5. The fourth-order valence-corrected chi connectivity index (χ4v) is 3.52. The molecule has 0 atom stereocenters. The molecule has 4 nitrogen and oxygen atoms in total. The smallest absolute Gasteiger partial charge is 0.356 e. The number of benzene rings is 2. The van der Waals surface area contributed by atoms with Crippen LogP contribution in [0.15, 0.2) is 42.5 Å². The van der Waals surface area contributed by atoms with Gasteiger partial charge in [0.2, 0.25) is 0 Å². The summed E-state index contributed by atoms with van der Waals surface area (Å²) in [7, 11) is 0. The fraction of sp³-hybridized carbons (Fsp3) is 0.200. The Morgan fingerprint density at radius 1 is 1.08 bits per heavy atom. The van der Waals surface area contributed by atoms with E-state index in [1.807, 2.05) is 43.0 Å². The summed E-state index contributed by atoms with van der Waals surface area (Å²) in [6.45, 7) is 5.27. The Morgan fingerprint density at radius 3 is 2.38 bits per heavy atom. The van der Waals surface area contributed by atoms with E-state index in [0.717, 1.165) is 16.5 Å². The Bertz CT molecular complexity index is 985. The molecule has 2 aromatic carbocycles. The third kappa shape index (κ3) is 3.35. The minimum atomic E-state index is -1.06. The predicted octanol–water partition coefficient (Wildman–Crippen LogP) is 5.75. The number of carboxylic acids is 1. The standard InChI is InChI=1S/C20H18Cl2N2O2/c1-3-24(4-2)19-17(12-6-5-7-13(21)10-12)15-11-14(22)8-9-16(15)23-18(19)20(25)26/h5-11H,3-4H2,1-2H3,(H,25,26). The van der Waals surface area contributed by atoms with Crippen molar-refractivity contribution in [2.45, 2.75) is 13.8 Å². The molecule has 3 aromatic rings. The van der Waals surface area contributed by atoms with Gasteiger partial charge in [-0.05, 0) is 49.7 Å². The fourth-order valence-electron chi connectivity index (χ4n) is 3.16. The molecule has 0 aliphatic carbocycles. The number of hydrogen-bond acceptors (Lipinski definition) is 3. The van der Waals surface area contributed by atoms with E-state index in [2.05, 4.69) is 4.98 Å². The molecule has 134 valence electrons. The van der Waals surface area contributed by atoms with Crippen molar-refractivity contribution in [2.75, 3.05) is 18.0 Å². The Morgan fingerprint density at radius 2 is 1.77 bits per heavy atom. The predicted molar refractivity (Wildman–Crippen MR) is 108 cm³/mol. The Hall–Kier alpha value is -2.30. The minimum Gasteiger partial charge on any atom is -0.476 e.